The summed E-state index contributed by atoms with van der Waals surface area (Å²) in [5.41, 5.74) is 6.22. The molecule has 4 aromatic rings. The number of aryl methyl sites for hydroxylation is 6. The molecule has 0 amide bonds. The number of hydrogen-bond acceptors (Lipinski definition) is 5. The van der Waals surface area contributed by atoms with Gasteiger partial charge in [-0.15, -0.1) is 0 Å². The lowest BCUT2D eigenvalue weighted by atomic mass is 10.1. The standard InChI is InChI=1S/C30H32O5P2/c1-20-11-7-12-21(2)28(20)32-36-31-26-17-10-18-27(19-26)33-37(34-29-22(3)13-8-14-23(29)4)35-30-24(5)15-9-16-25(30)6/h7-19,36H,1-6H3. The SMILES string of the molecule is Cc1cccc(C)c1OPOc1cccc(OP(Oc2c(C)cccc2C)Oc2c(C)cccc2C)c1. The van der Waals surface area contributed by atoms with Crippen molar-refractivity contribution in [3.63, 3.8) is 0 Å². The highest BCUT2D eigenvalue weighted by Crippen LogP contribution is 2.46. The van der Waals surface area contributed by atoms with E-state index in [1.54, 1.807) is 0 Å². The molecule has 0 aliphatic carbocycles. The van der Waals surface area contributed by atoms with Crippen molar-refractivity contribution in [1.82, 2.24) is 0 Å². The molecule has 0 bridgehead atoms. The predicted molar refractivity (Wildman–Crippen MR) is 153 cm³/mol. The van der Waals surface area contributed by atoms with Crippen molar-refractivity contribution in [2.75, 3.05) is 0 Å². The molecule has 0 spiro atoms. The van der Waals surface area contributed by atoms with E-state index in [-0.39, 0.29) is 9.03 Å². The van der Waals surface area contributed by atoms with Crippen LogP contribution in [0, 0.1) is 41.5 Å². The third kappa shape index (κ3) is 6.95. The first-order chi connectivity index (χ1) is 17.8. The molecule has 0 radical (unpaired) electrons. The molecule has 0 fully saturated rings. The van der Waals surface area contributed by atoms with Crippen LogP contribution in [0.15, 0.2) is 78.9 Å². The summed E-state index contributed by atoms with van der Waals surface area (Å²) in [6, 6.07) is 25.6. The minimum absolute atomic E-state index is 0.192. The Bertz CT molecular complexity index is 1260. The van der Waals surface area contributed by atoms with E-state index in [1.807, 2.05) is 120 Å². The summed E-state index contributed by atoms with van der Waals surface area (Å²) in [4.78, 5) is 0. The summed E-state index contributed by atoms with van der Waals surface area (Å²) in [6.07, 6.45) is 0. The van der Waals surface area contributed by atoms with E-state index < -0.39 is 8.60 Å². The van der Waals surface area contributed by atoms with Gasteiger partial charge in [-0.25, -0.2) is 0 Å². The normalized spacial score (nSPS) is 11.1. The Morgan fingerprint density at radius 3 is 1.35 bits per heavy atom. The zero-order valence-corrected chi connectivity index (χ0v) is 23.9. The summed E-state index contributed by atoms with van der Waals surface area (Å²) in [5, 5.41) is 0. The number of benzene rings is 4. The van der Waals surface area contributed by atoms with Crippen LogP contribution in [-0.2, 0) is 0 Å². The van der Waals surface area contributed by atoms with Gasteiger partial charge in [0.1, 0.15) is 28.7 Å². The Balaban J connectivity index is 1.52. The van der Waals surface area contributed by atoms with Gasteiger partial charge in [0.2, 0.25) is 0 Å². The molecule has 7 heteroatoms. The molecular formula is C30H32O5P2. The fourth-order valence-corrected chi connectivity index (χ4v) is 5.78. The smallest absolute Gasteiger partial charge is 0.440 e. The molecule has 0 saturated heterocycles. The van der Waals surface area contributed by atoms with Crippen LogP contribution < -0.4 is 22.6 Å². The van der Waals surface area contributed by atoms with Crippen LogP contribution in [-0.4, -0.2) is 0 Å². The van der Waals surface area contributed by atoms with E-state index in [1.165, 1.54) is 0 Å². The van der Waals surface area contributed by atoms with Gasteiger partial charge in [-0.1, -0.05) is 60.7 Å². The van der Waals surface area contributed by atoms with Crippen molar-refractivity contribution in [3.8, 4) is 28.7 Å². The van der Waals surface area contributed by atoms with Gasteiger partial charge < -0.3 is 22.6 Å². The number of hydrogen-bond donors (Lipinski definition) is 0. The first-order valence-electron chi connectivity index (χ1n) is 12.0. The maximum Gasteiger partial charge on any atom is 0.530 e. The summed E-state index contributed by atoms with van der Waals surface area (Å²) >= 11 is 0. The average molecular weight is 535 g/mol. The van der Waals surface area contributed by atoms with Gasteiger partial charge in [0, 0.05) is 6.07 Å². The topological polar surface area (TPSA) is 46.2 Å². The van der Waals surface area contributed by atoms with Gasteiger partial charge in [-0.05, 0) is 87.1 Å². The van der Waals surface area contributed by atoms with E-state index in [0.29, 0.717) is 11.5 Å². The maximum absolute atomic E-state index is 6.36. The van der Waals surface area contributed by atoms with Crippen LogP contribution >= 0.6 is 17.6 Å². The highest BCUT2D eigenvalue weighted by atomic mass is 31.2. The summed E-state index contributed by atoms with van der Waals surface area (Å²) in [5.74, 6) is 3.58. The number of para-hydroxylation sites is 3. The van der Waals surface area contributed by atoms with Gasteiger partial charge in [-0.3, -0.25) is 0 Å². The van der Waals surface area contributed by atoms with Crippen molar-refractivity contribution in [2.45, 2.75) is 41.5 Å². The Morgan fingerprint density at radius 2 is 0.865 bits per heavy atom. The zero-order valence-electron chi connectivity index (χ0n) is 22.0. The highest BCUT2D eigenvalue weighted by molar-refractivity contribution is 7.43. The second-order valence-electron chi connectivity index (χ2n) is 8.92. The molecular weight excluding hydrogens is 502 g/mol. The van der Waals surface area contributed by atoms with Gasteiger partial charge in [0.25, 0.3) is 9.03 Å². The maximum atomic E-state index is 6.36. The van der Waals surface area contributed by atoms with E-state index >= 15 is 0 Å². The Kier molecular flexibility index (Phi) is 8.92. The molecule has 0 aromatic heterocycles. The minimum Gasteiger partial charge on any atom is -0.440 e. The van der Waals surface area contributed by atoms with Crippen molar-refractivity contribution < 1.29 is 22.6 Å². The van der Waals surface area contributed by atoms with Crippen molar-refractivity contribution in [3.05, 3.63) is 112 Å². The molecule has 0 heterocycles. The van der Waals surface area contributed by atoms with Crippen molar-refractivity contribution in [1.29, 1.82) is 0 Å². The first-order valence-corrected chi connectivity index (χ1v) is 13.9. The lowest BCUT2D eigenvalue weighted by Gasteiger charge is -2.22. The van der Waals surface area contributed by atoms with Crippen LogP contribution in [0.5, 0.6) is 28.7 Å². The first kappa shape index (κ1) is 26.8. The molecule has 0 aliphatic heterocycles. The quantitative estimate of drug-likeness (QED) is 0.190. The molecule has 1 atom stereocenters. The van der Waals surface area contributed by atoms with Gasteiger partial charge in [0.05, 0.1) is 0 Å². The molecule has 0 aliphatic rings. The Labute approximate surface area is 222 Å². The molecule has 192 valence electrons. The largest absolute Gasteiger partial charge is 0.530 e. The highest BCUT2D eigenvalue weighted by Gasteiger charge is 2.24. The van der Waals surface area contributed by atoms with Crippen LogP contribution in [0.4, 0.5) is 0 Å². The molecule has 5 nitrogen and oxygen atoms in total. The van der Waals surface area contributed by atoms with Crippen LogP contribution in [0.2, 0.25) is 0 Å². The Morgan fingerprint density at radius 1 is 0.459 bits per heavy atom. The average Bonchev–Trinajstić information content (AvgIpc) is 2.86. The number of rotatable bonds is 10. The van der Waals surface area contributed by atoms with E-state index in [4.69, 9.17) is 22.6 Å². The lowest BCUT2D eigenvalue weighted by molar-refractivity contribution is 0.383. The van der Waals surface area contributed by atoms with Crippen molar-refractivity contribution in [2.24, 2.45) is 0 Å². The lowest BCUT2D eigenvalue weighted by Crippen LogP contribution is -2.05. The molecule has 0 N–H and O–H groups in total. The minimum atomic E-state index is -1.81. The molecule has 4 aromatic carbocycles. The van der Waals surface area contributed by atoms with E-state index in [2.05, 4.69) is 0 Å². The van der Waals surface area contributed by atoms with E-state index in [9.17, 15) is 0 Å². The van der Waals surface area contributed by atoms with Gasteiger partial charge in [-0.2, -0.15) is 0 Å². The summed E-state index contributed by atoms with van der Waals surface area (Å²) < 4.78 is 30.8. The fourth-order valence-electron chi connectivity index (χ4n) is 3.84. The van der Waals surface area contributed by atoms with Gasteiger partial charge in [0.15, 0.2) is 0 Å². The molecule has 1 unspecified atom stereocenters. The summed E-state index contributed by atoms with van der Waals surface area (Å²) in [7, 11) is -2.00. The Hall–Kier alpha value is -3.26. The van der Waals surface area contributed by atoms with Crippen LogP contribution in [0.1, 0.15) is 33.4 Å². The van der Waals surface area contributed by atoms with Crippen molar-refractivity contribution >= 4 is 17.6 Å². The predicted octanol–water partition coefficient (Wildman–Crippen LogP) is 9.27. The summed E-state index contributed by atoms with van der Waals surface area (Å²) in [6.45, 7) is 12.1. The van der Waals surface area contributed by atoms with E-state index in [0.717, 1.165) is 50.6 Å². The van der Waals surface area contributed by atoms with Crippen LogP contribution in [0.3, 0.4) is 0 Å². The second-order valence-corrected chi connectivity index (χ2v) is 10.5. The molecule has 0 saturated carbocycles. The van der Waals surface area contributed by atoms with Gasteiger partial charge >= 0.3 is 8.60 Å². The molecule has 4 rings (SSSR count). The third-order valence-corrected chi connectivity index (χ3v) is 7.48. The monoisotopic (exact) mass is 534 g/mol. The zero-order chi connectivity index (χ0) is 26.4. The fraction of sp³-hybridized carbons (Fsp3) is 0.200. The second kappa shape index (κ2) is 12.3. The molecule has 37 heavy (non-hydrogen) atoms. The van der Waals surface area contributed by atoms with Crippen LogP contribution in [0.25, 0.3) is 0 Å². The third-order valence-electron chi connectivity index (χ3n) is 5.85.